The van der Waals surface area contributed by atoms with Crippen molar-refractivity contribution in [1.29, 1.82) is 0 Å². The first-order chi connectivity index (χ1) is 8.29. The maximum Gasteiger partial charge on any atom is 0.342 e. The highest BCUT2D eigenvalue weighted by atomic mass is 16.5. The summed E-state index contributed by atoms with van der Waals surface area (Å²) < 4.78 is 6.67. The number of hydrogen-bond acceptors (Lipinski definition) is 4. The zero-order chi connectivity index (χ0) is 11.8. The molecule has 1 fully saturated rings. The maximum atomic E-state index is 11.6. The van der Waals surface area contributed by atoms with E-state index < -0.39 is 0 Å². The third kappa shape index (κ3) is 1.77. The number of hydrogen-bond donors (Lipinski definition) is 0. The SMILES string of the molecule is CCOC(=O)c1cnn2cc(C3CC3)ncc12. The number of carbonyl (C=O) groups excluding carboxylic acids is 1. The van der Waals surface area contributed by atoms with Gasteiger partial charge in [0.15, 0.2) is 0 Å². The molecule has 0 saturated heterocycles. The summed E-state index contributed by atoms with van der Waals surface area (Å²) in [5.41, 5.74) is 2.23. The second-order valence-electron chi connectivity index (χ2n) is 4.19. The van der Waals surface area contributed by atoms with Crippen molar-refractivity contribution in [2.75, 3.05) is 6.61 Å². The minimum absolute atomic E-state index is 0.344. The number of esters is 1. The second-order valence-corrected chi connectivity index (χ2v) is 4.19. The van der Waals surface area contributed by atoms with Crippen LogP contribution in [-0.4, -0.2) is 27.2 Å². The standard InChI is InChI=1S/C12H13N3O2/c1-2-17-12(16)9-5-14-15-7-10(8-3-4-8)13-6-11(9)15/h5-8H,2-4H2,1H3. The van der Waals surface area contributed by atoms with E-state index in [-0.39, 0.29) is 5.97 Å². The van der Waals surface area contributed by atoms with E-state index in [1.54, 1.807) is 17.6 Å². The minimum atomic E-state index is -0.344. The second kappa shape index (κ2) is 3.84. The summed E-state index contributed by atoms with van der Waals surface area (Å²) in [6.07, 6.45) is 7.53. The number of carbonyl (C=O) groups is 1. The highest BCUT2D eigenvalue weighted by molar-refractivity contribution is 5.96. The lowest BCUT2D eigenvalue weighted by Crippen LogP contribution is -2.04. The van der Waals surface area contributed by atoms with Crippen LogP contribution in [-0.2, 0) is 4.74 Å². The predicted octanol–water partition coefficient (Wildman–Crippen LogP) is 1.78. The van der Waals surface area contributed by atoms with E-state index in [2.05, 4.69) is 10.1 Å². The molecule has 17 heavy (non-hydrogen) atoms. The van der Waals surface area contributed by atoms with Crippen molar-refractivity contribution in [1.82, 2.24) is 14.6 Å². The lowest BCUT2D eigenvalue weighted by molar-refractivity contribution is 0.0528. The van der Waals surface area contributed by atoms with Gasteiger partial charge in [0.2, 0.25) is 0 Å². The molecule has 0 amide bonds. The molecule has 2 aromatic rings. The first-order valence-electron chi connectivity index (χ1n) is 5.80. The molecule has 2 heterocycles. The van der Waals surface area contributed by atoms with Crippen molar-refractivity contribution in [3.05, 3.63) is 29.8 Å². The van der Waals surface area contributed by atoms with Crippen LogP contribution in [0.15, 0.2) is 18.6 Å². The van der Waals surface area contributed by atoms with Gasteiger partial charge in [0, 0.05) is 5.92 Å². The largest absolute Gasteiger partial charge is 0.462 e. The molecule has 2 aromatic heterocycles. The van der Waals surface area contributed by atoms with Gasteiger partial charge in [-0.25, -0.2) is 9.31 Å². The first kappa shape index (κ1) is 10.3. The molecule has 5 heteroatoms. The lowest BCUT2D eigenvalue weighted by atomic mass is 10.3. The van der Waals surface area contributed by atoms with Crippen LogP contribution in [0.4, 0.5) is 0 Å². The van der Waals surface area contributed by atoms with E-state index >= 15 is 0 Å². The molecule has 1 saturated carbocycles. The first-order valence-corrected chi connectivity index (χ1v) is 5.80. The molecule has 0 radical (unpaired) electrons. The summed E-state index contributed by atoms with van der Waals surface area (Å²) in [6.45, 7) is 2.15. The summed E-state index contributed by atoms with van der Waals surface area (Å²) in [6, 6.07) is 0. The summed E-state index contributed by atoms with van der Waals surface area (Å²) in [5.74, 6) is 0.234. The number of fused-ring (bicyclic) bond motifs is 1. The van der Waals surface area contributed by atoms with E-state index in [0.29, 0.717) is 23.6 Å². The number of aromatic nitrogens is 3. The number of ether oxygens (including phenoxy) is 1. The van der Waals surface area contributed by atoms with Gasteiger partial charge in [0.1, 0.15) is 5.56 Å². The van der Waals surface area contributed by atoms with Gasteiger partial charge in [-0.05, 0) is 19.8 Å². The van der Waals surface area contributed by atoms with Crippen molar-refractivity contribution in [3.8, 4) is 0 Å². The molecule has 0 aliphatic heterocycles. The Kier molecular flexibility index (Phi) is 2.31. The lowest BCUT2D eigenvalue weighted by Gasteiger charge is -2.01. The third-order valence-electron chi connectivity index (χ3n) is 2.92. The Bertz CT molecular complexity index is 572. The zero-order valence-electron chi connectivity index (χ0n) is 9.59. The molecule has 0 N–H and O–H groups in total. The summed E-state index contributed by atoms with van der Waals surface area (Å²) in [4.78, 5) is 16.0. The topological polar surface area (TPSA) is 56.5 Å². The number of nitrogens with zero attached hydrogens (tertiary/aromatic N) is 3. The fourth-order valence-corrected chi connectivity index (χ4v) is 1.85. The van der Waals surface area contributed by atoms with Gasteiger partial charge in [0.05, 0.1) is 36.4 Å². The van der Waals surface area contributed by atoms with Crippen molar-refractivity contribution >= 4 is 11.5 Å². The van der Waals surface area contributed by atoms with Crippen LogP contribution >= 0.6 is 0 Å². The van der Waals surface area contributed by atoms with E-state index in [4.69, 9.17) is 4.74 Å². The highest BCUT2D eigenvalue weighted by Crippen LogP contribution is 2.38. The van der Waals surface area contributed by atoms with Gasteiger partial charge in [-0.2, -0.15) is 5.10 Å². The summed E-state index contributed by atoms with van der Waals surface area (Å²) >= 11 is 0. The molecular weight excluding hydrogens is 218 g/mol. The van der Waals surface area contributed by atoms with Crippen LogP contribution in [0.2, 0.25) is 0 Å². The molecule has 0 atom stereocenters. The Morgan fingerprint density at radius 3 is 3.06 bits per heavy atom. The normalized spacial score (nSPS) is 15.1. The molecule has 0 unspecified atom stereocenters. The Morgan fingerprint density at radius 2 is 2.35 bits per heavy atom. The predicted molar refractivity (Wildman–Crippen MR) is 60.9 cm³/mol. The Balaban J connectivity index is 2.01. The van der Waals surface area contributed by atoms with Gasteiger partial charge >= 0.3 is 5.97 Å². The molecule has 0 spiro atoms. The summed E-state index contributed by atoms with van der Waals surface area (Å²) in [7, 11) is 0. The minimum Gasteiger partial charge on any atom is -0.462 e. The highest BCUT2D eigenvalue weighted by Gasteiger charge is 2.26. The monoisotopic (exact) mass is 231 g/mol. The van der Waals surface area contributed by atoms with Crippen molar-refractivity contribution in [2.45, 2.75) is 25.7 Å². The third-order valence-corrected chi connectivity index (χ3v) is 2.92. The molecular formula is C12H13N3O2. The van der Waals surface area contributed by atoms with Crippen LogP contribution in [0.1, 0.15) is 41.7 Å². The number of rotatable bonds is 3. The zero-order valence-corrected chi connectivity index (χ0v) is 9.59. The Morgan fingerprint density at radius 1 is 1.53 bits per heavy atom. The van der Waals surface area contributed by atoms with E-state index in [1.807, 2.05) is 6.20 Å². The molecule has 0 aromatic carbocycles. The van der Waals surface area contributed by atoms with Crippen LogP contribution in [0.3, 0.4) is 0 Å². The fraction of sp³-hybridized carbons (Fsp3) is 0.417. The Labute approximate surface area is 98.4 Å². The molecule has 88 valence electrons. The Hall–Kier alpha value is -1.91. The van der Waals surface area contributed by atoms with Crippen molar-refractivity contribution in [3.63, 3.8) is 0 Å². The van der Waals surface area contributed by atoms with Gasteiger partial charge < -0.3 is 4.74 Å². The van der Waals surface area contributed by atoms with E-state index in [0.717, 1.165) is 5.69 Å². The van der Waals surface area contributed by atoms with Crippen LogP contribution in [0.25, 0.3) is 5.52 Å². The van der Waals surface area contributed by atoms with Crippen LogP contribution in [0, 0.1) is 0 Å². The van der Waals surface area contributed by atoms with Gasteiger partial charge in [-0.3, -0.25) is 4.98 Å². The molecule has 5 nitrogen and oxygen atoms in total. The fourth-order valence-electron chi connectivity index (χ4n) is 1.85. The average Bonchev–Trinajstić information content (AvgIpc) is 3.09. The molecule has 1 aliphatic carbocycles. The van der Waals surface area contributed by atoms with Crippen LogP contribution < -0.4 is 0 Å². The van der Waals surface area contributed by atoms with Crippen molar-refractivity contribution in [2.24, 2.45) is 0 Å². The molecule has 3 rings (SSSR count). The van der Waals surface area contributed by atoms with Gasteiger partial charge in [-0.1, -0.05) is 0 Å². The van der Waals surface area contributed by atoms with E-state index in [9.17, 15) is 4.79 Å². The molecule has 1 aliphatic rings. The summed E-state index contributed by atoms with van der Waals surface area (Å²) in [5, 5.41) is 4.17. The smallest absolute Gasteiger partial charge is 0.342 e. The van der Waals surface area contributed by atoms with Gasteiger partial charge in [0.25, 0.3) is 0 Å². The quantitative estimate of drug-likeness (QED) is 0.755. The average molecular weight is 231 g/mol. The van der Waals surface area contributed by atoms with E-state index in [1.165, 1.54) is 19.0 Å². The maximum absolute atomic E-state index is 11.6. The van der Waals surface area contributed by atoms with Crippen molar-refractivity contribution < 1.29 is 9.53 Å². The molecule has 0 bridgehead atoms. The van der Waals surface area contributed by atoms with Crippen LogP contribution in [0.5, 0.6) is 0 Å². The van der Waals surface area contributed by atoms with Gasteiger partial charge in [-0.15, -0.1) is 0 Å².